The average molecular weight is 920 g/mol. The molecule has 0 saturated heterocycles. The van der Waals surface area contributed by atoms with E-state index in [4.69, 9.17) is 14.2 Å². The summed E-state index contributed by atoms with van der Waals surface area (Å²) in [5, 5.41) is 0. The molecule has 0 radical (unpaired) electrons. The third kappa shape index (κ3) is 53.2. The van der Waals surface area contributed by atoms with E-state index in [2.05, 4.69) is 34.6 Å². The van der Waals surface area contributed by atoms with Crippen molar-refractivity contribution >= 4 is 17.9 Å². The SMILES string of the molecule is CCCCCCCCCCCCCCC(=O)O[C@H](COC(=O)CCCCCCCCCCCCCCCCCC(C)C)COC(=O)CCCCCCCCCCCCCCCCC(C)C. The monoisotopic (exact) mass is 919 g/mol. The highest BCUT2D eigenvalue weighted by atomic mass is 16.6. The number of esters is 3. The van der Waals surface area contributed by atoms with Gasteiger partial charge in [0.25, 0.3) is 0 Å². The molecular formula is C59H114O6. The van der Waals surface area contributed by atoms with E-state index in [-0.39, 0.29) is 31.1 Å². The minimum absolute atomic E-state index is 0.0625. The first-order valence-electron chi connectivity index (χ1n) is 29.2. The molecule has 0 unspecified atom stereocenters. The normalized spacial score (nSPS) is 12.0. The van der Waals surface area contributed by atoms with Crippen LogP contribution in [0.3, 0.4) is 0 Å². The van der Waals surface area contributed by atoms with E-state index >= 15 is 0 Å². The first kappa shape index (κ1) is 63.4. The van der Waals surface area contributed by atoms with Gasteiger partial charge < -0.3 is 14.2 Å². The van der Waals surface area contributed by atoms with Crippen LogP contribution in [0.5, 0.6) is 0 Å². The van der Waals surface area contributed by atoms with Crippen molar-refractivity contribution in [3.05, 3.63) is 0 Å². The van der Waals surface area contributed by atoms with Gasteiger partial charge in [0.15, 0.2) is 6.10 Å². The molecule has 0 aromatic heterocycles. The van der Waals surface area contributed by atoms with E-state index in [9.17, 15) is 14.4 Å². The Labute approximate surface area is 406 Å². The fourth-order valence-corrected chi connectivity index (χ4v) is 9.05. The van der Waals surface area contributed by atoms with Crippen molar-refractivity contribution < 1.29 is 28.6 Å². The van der Waals surface area contributed by atoms with E-state index in [1.807, 2.05) is 0 Å². The lowest BCUT2D eigenvalue weighted by Gasteiger charge is -2.18. The van der Waals surface area contributed by atoms with Gasteiger partial charge in [0.05, 0.1) is 0 Å². The van der Waals surface area contributed by atoms with Gasteiger partial charge in [0.1, 0.15) is 13.2 Å². The second kappa shape index (κ2) is 51.8. The van der Waals surface area contributed by atoms with Gasteiger partial charge in [-0.05, 0) is 31.1 Å². The Kier molecular flexibility index (Phi) is 50.5. The highest BCUT2D eigenvalue weighted by Crippen LogP contribution is 2.18. The van der Waals surface area contributed by atoms with Crippen molar-refractivity contribution in [2.75, 3.05) is 13.2 Å². The number of carbonyl (C=O) groups is 3. The van der Waals surface area contributed by atoms with Crippen molar-refractivity contribution in [3.8, 4) is 0 Å². The molecule has 0 rings (SSSR count). The van der Waals surface area contributed by atoms with Crippen molar-refractivity contribution in [2.45, 2.75) is 336 Å². The molecule has 0 saturated carbocycles. The molecule has 6 nitrogen and oxygen atoms in total. The summed E-state index contributed by atoms with van der Waals surface area (Å²) in [7, 11) is 0. The highest BCUT2D eigenvalue weighted by molar-refractivity contribution is 5.71. The second-order valence-corrected chi connectivity index (χ2v) is 21.2. The molecule has 0 N–H and O–H groups in total. The smallest absolute Gasteiger partial charge is 0.306 e. The van der Waals surface area contributed by atoms with Gasteiger partial charge in [0, 0.05) is 19.3 Å². The quantitative estimate of drug-likeness (QED) is 0.0344. The number of hydrogen-bond acceptors (Lipinski definition) is 6. The third-order valence-corrected chi connectivity index (χ3v) is 13.5. The topological polar surface area (TPSA) is 78.9 Å². The standard InChI is InChI=1S/C59H114O6/c1-6-7-8-9-10-11-12-24-31-36-41-46-51-59(62)65-56(53-64-58(61)50-45-40-35-30-26-21-17-16-19-23-28-33-38-43-48-55(4)5)52-63-57(60)49-44-39-34-29-25-20-15-13-14-18-22-27-32-37-42-47-54(2)3/h54-56H,6-53H2,1-5H3/t56-/m1/s1. The molecule has 0 amide bonds. The first-order chi connectivity index (χ1) is 31.7. The fourth-order valence-electron chi connectivity index (χ4n) is 9.05. The molecule has 0 aromatic carbocycles. The molecular weight excluding hydrogens is 805 g/mol. The number of unbranched alkanes of at least 4 members (excludes halogenated alkanes) is 38. The predicted molar refractivity (Wildman–Crippen MR) is 280 cm³/mol. The molecule has 0 spiro atoms. The van der Waals surface area contributed by atoms with Crippen molar-refractivity contribution in [3.63, 3.8) is 0 Å². The summed E-state index contributed by atoms with van der Waals surface area (Å²) in [4.78, 5) is 38.1. The highest BCUT2D eigenvalue weighted by Gasteiger charge is 2.19. The lowest BCUT2D eigenvalue weighted by atomic mass is 10.0. The number of carbonyl (C=O) groups excluding carboxylic acids is 3. The van der Waals surface area contributed by atoms with Crippen LogP contribution in [0.4, 0.5) is 0 Å². The Morgan fingerprint density at radius 1 is 0.292 bits per heavy atom. The van der Waals surface area contributed by atoms with Crippen LogP contribution < -0.4 is 0 Å². The lowest BCUT2D eigenvalue weighted by Crippen LogP contribution is -2.30. The average Bonchev–Trinajstić information content (AvgIpc) is 3.28. The van der Waals surface area contributed by atoms with E-state index in [1.165, 1.54) is 218 Å². The van der Waals surface area contributed by atoms with E-state index < -0.39 is 6.10 Å². The molecule has 0 bridgehead atoms. The summed E-state index contributed by atoms with van der Waals surface area (Å²) >= 11 is 0. The summed E-state index contributed by atoms with van der Waals surface area (Å²) in [6.07, 6.45) is 55.2. The molecule has 0 aliphatic carbocycles. The van der Waals surface area contributed by atoms with Gasteiger partial charge in [-0.25, -0.2) is 0 Å². The zero-order valence-corrected chi connectivity index (χ0v) is 44.6. The maximum absolute atomic E-state index is 12.8. The third-order valence-electron chi connectivity index (χ3n) is 13.5. The number of ether oxygens (including phenoxy) is 3. The molecule has 0 aliphatic heterocycles. The Morgan fingerprint density at radius 3 is 0.754 bits per heavy atom. The maximum atomic E-state index is 12.8. The Bertz CT molecular complexity index is 993. The van der Waals surface area contributed by atoms with E-state index in [0.29, 0.717) is 19.3 Å². The molecule has 386 valence electrons. The van der Waals surface area contributed by atoms with E-state index in [0.717, 1.165) is 69.6 Å². The van der Waals surface area contributed by atoms with Gasteiger partial charge in [-0.2, -0.15) is 0 Å². The van der Waals surface area contributed by atoms with E-state index in [1.54, 1.807) is 0 Å². The van der Waals surface area contributed by atoms with Crippen LogP contribution in [0.15, 0.2) is 0 Å². The van der Waals surface area contributed by atoms with Crippen LogP contribution in [0.2, 0.25) is 0 Å². The molecule has 65 heavy (non-hydrogen) atoms. The Hall–Kier alpha value is -1.59. The van der Waals surface area contributed by atoms with Crippen LogP contribution in [0.25, 0.3) is 0 Å². The van der Waals surface area contributed by atoms with Crippen molar-refractivity contribution in [2.24, 2.45) is 11.8 Å². The molecule has 1 atom stereocenters. The molecule has 0 aromatic rings. The fraction of sp³-hybridized carbons (Fsp3) is 0.949. The van der Waals surface area contributed by atoms with Gasteiger partial charge in [0.2, 0.25) is 0 Å². The second-order valence-electron chi connectivity index (χ2n) is 21.2. The van der Waals surface area contributed by atoms with Gasteiger partial charge in [-0.15, -0.1) is 0 Å². The van der Waals surface area contributed by atoms with Crippen LogP contribution in [-0.4, -0.2) is 37.2 Å². The van der Waals surface area contributed by atoms with Gasteiger partial charge in [-0.3, -0.25) is 14.4 Å². The molecule has 0 aliphatic rings. The number of rotatable bonds is 53. The summed E-state index contributed by atoms with van der Waals surface area (Å²) in [6, 6.07) is 0. The largest absolute Gasteiger partial charge is 0.462 e. The van der Waals surface area contributed by atoms with Crippen LogP contribution in [-0.2, 0) is 28.6 Å². The van der Waals surface area contributed by atoms with Crippen LogP contribution >= 0.6 is 0 Å². The van der Waals surface area contributed by atoms with Gasteiger partial charge >= 0.3 is 17.9 Å². The minimum atomic E-state index is -0.762. The predicted octanol–water partition coefficient (Wildman–Crippen LogP) is 19.3. The zero-order chi connectivity index (χ0) is 47.5. The number of hydrogen-bond donors (Lipinski definition) is 0. The summed E-state index contributed by atoms with van der Waals surface area (Å²) in [6.45, 7) is 11.4. The van der Waals surface area contributed by atoms with Crippen LogP contribution in [0, 0.1) is 11.8 Å². The Balaban J connectivity index is 4.26. The van der Waals surface area contributed by atoms with Gasteiger partial charge in [-0.1, -0.05) is 291 Å². The molecule has 6 heteroatoms. The summed E-state index contributed by atoms with van der Waals surface area (Å²) in [5.74, 6) is 0.856. The Morgan fingerprint density at radius 2 is 0.508 bits per heavy atom. The maximum Gasteiger partial charge on any atom is 0.306 e. The molecule has 0 fully saturated rings. The minimum Gasteiger partial charge on any atom is -0.462 e. The van der Waals surface area contributed by atoms with Crippen LogP contribution in [0.1, 0.15) is 330 Å². The van der Waals surface area contributed by atoms with Crippen molar-refractivity contribution in [1.29, 1.82) is 0 Å². The summed E-state index contributed by atoms with van der Waals surface area (Å²) in [5.41, 5.74) is 0. The lowest BCUT2D eigenvalue weighted by molar-refractivity contribution is -0.167. The molecule has 0 heterocycles. The zero-order valence-electron chi connectivity index (χ0n) is 44.6. The van der Waals surface area contributed by atoms with Crippen molar-refractivity contribution in [1.82, 2.24) is 0 Å². The first-order valence-corrected chi connectivity index (χ1v) is 29.2. The summed E-state index contributed by atoms with van der Waals surface area (Å²) < 4.78 is 16.9.